The van der Waals surface area contributed by atoms with Gasteiger partial charge in [-0.05, 0) is 61.8 Å². The smallest absolute Gasteiger partial charge is 0.0415 e. The average Bonchev–Trinajstić information content (AvgIpc) is 3.24. The van der Waals surface area contributed by atoms with E-state index in [1.807, 2.05) is 0 Å². The lowest BCUT2D eigenvalue weighted by Gasteiger charge is -2.34. The lowest BCUT2D eigenvalue weighted by atomic mass is 9.85. The van der Waals surface area contributed by atoms with Gasteiger partial charge in [-0.25, -0.2) is 0 Å². The Hall–Kier alpha value is -0.730. The van der Waals surface area contributed by atoms with E-state index < -0.39 is 0 Å². The van der Waals surface area contributed by atoms with Crippen molar-refractivity contribution in [2.45, 2.75) is 63.6 Å². The molecule has 0 aromatic heterocycles. The molecule has 0 amide bonds. The van der Waals surface area contributed by atoms with Crippen molar-refractivity contribution < 1.29 is 0 Å². The van der Waals surface area contributed by atoms with Gasteiger partial charge in [-0.15, -0.1) is 0 Å². The summed E-state index contributed by atoms with van der Waals surface area (Å²) >= 11 is 6.25. The Morgan fingerprint density at radius 2 is 1.95 bits per heavy atom. The van der Waals surface area contributed by atoms with E-state index in [0.29, 0.717) is 0 Å². The summed E-state index contributed by atoms with van der Waals surface area (Å²) in [5.41, 5.74) is 2.82. The van der Waals surface area contributed by atoms with E-state index in [1.54, 1.807) is 0 Å². The monoisotopic (exact) mass is 304 g/mol. The lowest BCUT2D eigenvalue weighted by Crippen LogP contribution is -2.35. The zero-order valence-corrected chi connectivity index (χ0v) is 13.4. The van der Waals surface area contributed by atoms with Gasteiger partial charge in [-0.3, -0.25) is 0 Å². The first-order valence-electron chi connectivity index (χ1n) is 8.60. The molecule has 0 radical (unpaired) electrons. The van der Waals surface area contributed by atoms with Gasteiger partial charge in [0.05, 0.1) is 0 Å². The molecule has 4 rings (SSSR count). The van der Waals surface area contributed by atoms with E-state index in [9.17, 15) is 0 Å². The molecule has 2 unspecified atom stereocenters. The fourth-order valence-corrected chi connectivity index (χ4v) is 4.42. The van der Waals surface area contributed by atoms with Crippen LogP contribution in [0.25, 0.3) is 0 Å². The molecule has 0 spiro atoms. The van der Waals surface area contributed by atoms with Crippen LogP contribution in [0.5, 0.6) is 0 Å². The van der Waals surface area contributed by atoms with E-state index in [0.717, 1.165) is 29.6 Å². The van der Waals surface area contributed by atoms with E-state index >= 15 is 0 Å². The average molecular weight is 305 g/mol. The van der Waals surface area contributed by atoms with Crippen LogP contribution in [0.2, 0.25) is 5.02 Å². The van der Waals surface area contributed by atoms with Crippen LogP contribution in [0, 0.1) is 5.92 Å². The van der Waals surface area contributed by atoms with Gasteiger partial charge in [0, 0.05) is 35.9 Å². The van der Waals surface area contributed by atoms with Crippen molar-refractivity contribution in [2.75, 3.05) is 11.4 Å². The van der Waals surface area contributed by atoms with Gasteiger partial charge < -0.3 is 10.2 Å². The molecule has 1 aliphatic heterocycles. The molecular weight excluding hydrogens is 280 g/mol. The second-order valence-corrected chi connectivity index (χ2v) is 7.46. The minimum absolute atomic E-state index is 0.748. The molecular formula is C18H25ClN2. The first-order chi connectivity index (χ1) is 10.3. The van der Waals surface area contributed by atoms with Gasteiger partial charge >= 0.3 is 0 Å². The van der Waals surface area contributed by atoms with Gasteiger partial charge in [0.1, 0.15) is 0 Å². The SMILES string of the molecule is Clc1ccc(N2CCC3CCCCC32)c(CNC2CC2)c1. The van der Waals surface area contributed by atoms with Crippen LogP contribution < -0.4 is 10.2 Å². The van der Waals surface area contributed by atoms with Gasteiger partial charge in [-0.1, -0.05) is 24.4 Å². The number of nitrogens with one attached hydrogen (secondary N) is 1. The molecule has 114 valence electrons. The third-order valence-electron chi connectivity index (χ3n) is 5.52. The first kappa shape index (κ1) is 13.9. The zero-order chi connectivity index (χ0) is 14.2. The highest BCUT2D eigenvalue weighted by Crippen LogP contribution is 2.40. The molecule has 3 heteroatoms. The third-order valence-corrected chi connectivity index (χ3v) is 5.75. The maximum atomic E-state index is 6.25. The number of halogens is 1. The number of benzene rings is 1. The maximum Gasteiger partial charge on any atom is 0.0415 e. The number of fused-ring (bicyclic) bond motifs is 1. The molecule has 2 aliphatic carbocycles. The largest absolute Gasteiger partial charge is 0.368 e. The Labute approximate surface area is 132 Å². The maximum absolute atomic E-state index is 6.25. The highest BCUT2D eigenvalue weighted by Gasteiger charge is 2.36. The minimum Gasteiger partial charge on any atom is -0.368 e. The van der Waals surface area contributed by atoms with Crippen LogP contribution in [-0.4, -0.2) is 18.6 Å². The molecule has 0 bridgehead atoms. The van der Waals surface area contributed by atoms with Gasteiger partial charge in [-0.2, -0.15) is 0 Å². The van der Waals surface area contributed by atoms with E-state index in [2.05, 4.69) is 28.4 Å². The minimum atomic E-state index is 0.748. The zero-order valence-electron chi connectivity index (χ0n) is 12.7. The number of anilines is 1. The highest BCUT2D eigenvalue weighted by atomic mass is 35.5. The topological polar surface area (TPSA) is 15.3 Å². The second kappa shape index (κ2) is 5.81. The third kappa shape index (κ3) is 2.93. The summed E-state index contributed by atoms with van der Waals surface area (Å²) in [5.74, 6) is 0.929. The number of hydrogen-bond acceptors (Lipinski definition) is 2. The Kier molecular flexibility index (Phi) is 3.85. The number of nitrogens with zero attached hydrogens (tertiary/aromatic N) is 1. The normalized spacial score (nSPS) is 28.7. The van der Waals surface area contributed by atoms with Crippen LogP contribution in [0.15, 0.2) is 18.2 Å². The summed E-state index contributed by atoms with van der Waals surface area (Å²) in [6, 6.07) is 8.01. The van der Waals surface area contributed by atoms with Crippen LogP contribution in [0.4, 0.5) is 5.69 Å². The molecule has 1 aromatic rings. The molecule has 1 N–H and O–H groups in total. The lowest BCUT2D eigenvalue weighted by molar-refractivity contribution is 0.342. The van der Waals surface area contributed by atoms with Crippen molar-refractivity contribution in [1.29, 1.82) is 0 Å². The Morgan fingerprint density at radius 1 is 1.10 bits per heavy atom. The quantitative estimate of drug-likeness (QED) is 0.889. The molecule has 1 heterocycles. The fraction of sp³-hybridized carbons (Fsp3) is 0.667. The Bertz CT molecular complexity index is 512. The summed E-state index contributed by atoms with van der Waals surface area (Å²) in [4.78, 5) is 2.68. The van der Waals surface area contributed by atoms with Gasteiger partial charge in [0.15, 0.2) is 0 Å². The summed E-state index contributed by atoms with van der Waals surface area (Å²) in [7, 11) is 0. The van der Waals surface area contributed by atoms with Crippen LogP contribution >= 0.6 is 11.6 Å². The van der Waals surface area contributed by atoms with Crippen LogP contribution in [0.1, 0.15) is 50.5 Å². The number of hydrogen-bond donors (Lipinski definition) is 1. The molecule has 21 heavy (non-hydrogen) atoms. The summed E-state index contributed by atoms with van der Waals surface area (Å²) in [5, 5.41) is 4.52. The molecule has 2 saturated carbocycles. The fourth-order valence-electron chi connectivity index (χ4n) is 4.22. The summed E-state index contributed by atoms with van der Waals surface area (Å²) in [6.07, 6.45) is 9.71. The van der Waals surface area contributed by atoms with E-state index in [-0.39, 0.29) is 0 Å². The molecule has 3 aliphatic rings. The molecule has 1 saturated heterocycles. The summed E-state index contributed by atoms with van der Waals surface area (Å²) in [6.45, 7) is 2.20. The Balaban J connectivity index is 1.57. The number of rotatable bonds is 4. The summed E-state index contributed by atoms with van der Waals surface area (Å²) < 4.78 is 0. The Morgan fingerprint density at radius 3 is 2.81 bits per heavy atom. The molecule has 2 nitrogen and oxygen atoms in total. The second-order valence-electron chi connectivity index (χ2n) is 7.02. The molecule has 1 aromatic carbocycles. The van der Waals surface area contributed by atoms with Crippen molar-refractivity contribution in [3.8, 4) is 0 Å². The van der Waals surface area contributed by atoms with Gasteiger partial charge in [0.25, 0.3) is 0 Å². The van der Waals surface area contributed by atoms with Crippen molar-refractivity contribution in [3.63, 3.8) is 0 Å². The first-order valence-corrected chi connectivity index (χ1v) is 8.97. The van der Waals surface area contributed by atoms with Crippen LogP contribution in [0.3, 0.4) is 0 Å². The van der Waals surface area contributed by atoms with Crippen molar-refractivity contribution in [3.05, 3.63) is 28.8 Å². The predicted octanol–water partition coefficient (Wildman–Crippen LogP) is 4.36. The molecule has 2 atom stereocenters. The molecule has 3 fully saturated rings. The highest BCUT2D eigenvalue weighted by molar-refractivity contribution is 6.30. The van der Waals surface area contributed by atoms with Crippen molar-refractivity contribution in [1.82, 2.24) is 5.32 Å². The van der Waals surface area contributed by atoms with Crippen LogP contribution in [-0.2, 0) is 6.54 Å². The van der Waals surface area contributed by atoms with Gasteiger partial charge in [0.2, 0.25) is 0 Å². The standard InChI is InChI=1S/C18H25ClN2/c19-15-5-8-18(14(11-15)12-20-16-6-7-16)21-10-9-13-3-1-2-4-17(13)21/h5,8,11,13,16-17,20H,1-4,6-7,9-10,12H2. The van der Waals surface area contributed by atoms with Crippen molar-refractivity contribution >= 4 is 17.3 Å². The van der Waals surface area contributed by atoms with Crippen molar-refractivity contribution in [2.24, 2.45) is 5.92 Å². The van der Waals surface area contributed by atoms with E-state index in [1.165, 1.54) is 62.7 Å². The van der Waals surface area contributed by atoms with E-state index in [4.69, 9.17) is 11.6 Å². The predicted molar refractivity (Wildman–Crippen MR) is 89.0 cm³/mol.